The summed E-state index contributed by atoms with van der Waals surface area (Å²) in [6, 6.07) is 4.16. The molecule has 0 amide bonds. The lowest BCUT2D eigenvalue weighted by Gasteiger charge is -2.49. The largest absolute Gasteiger partial charge is 0.462 e. The van der Waals surface area contributed by atoms with Crippen LogP contribution in [-0.4, -0.2) is 34.8 Å². The number of ether oxygens (including phenoxy) is 1. The highest BCUT2D eigenvalue weighted by atomic mass is 16.5. The summed E-state index contributed by atoms with van der Waals surface area (Å²) in [6.45, 7) is 9.84. The van der Waals surface area contributed by atoms with E-state index in [1.165, 1.54) is 19.3 Å². The van der Waals surface area contributed by atoms with Crippen molar-refractivity contribution in [1.82, 2.24) is 4.90 Å². The number of piperidine rings is 1. The minimum atomic E-state index is -0.663. The molecule has 26 heavy (non-hydrogen) atoms. The average molecular weight is 362 g/mol. The van der Waals surface area contributed by atoms with Gasteiger partial charge in [-0.25, -0.2) is 0 Å². The number of hydrogen-bond acceptors (Lipinski definition) is 4. The monoisotopic (exact) mass is 361 g/mol. The Labute approximate surface area is 157 Å². The van der Waals surface area contributed by atoms with Crippen molar-refractivity contribution in [2.45, 2.75) is 83.6 Å². The maximum Gasteiger partial charge on any atom is 0.133 e. The second kappa shape index (κ2) is 7.29. The van der Waals surface area contributed by atoms with E-state index in [1.807, 2.05) is 6.92 Å². The van der Waals surface area contributed by atoms with Crippen molar-refractivity contribution >= 4 is 0 Å². The Kier molecular flexibility index (Phi) is 5.19. The predicted octanol–water partition coefficient (Wildman–Crippen LogP) is 4.53. The number of furan rings is 1. The minimum Gasteiger partial charge on any atom is -0.462 e. The molecule has 0 radical (unpaired) electrons. The zero-order valence-electron chi connectivity index (χ0n) is 16.6. The van der Waals surface area contributed by atoms with E-state index in [0.717, 1.165) is 49.9 Å². The van der Waals surface area contributed by atoms with Gasteiger partial charge < -0.3 is 14.3 Å². The van der Waals surface area contributed by atoms with E-state index in [4.69, 9.17) is 9.15 Å². The third kappa shape index (κ3) is 3.88. The summed E-state index contributed by atoms with van der Waals surface area (Å²) in [4.78, 5) is 2.49. The molecule has 0 aromatic carbocycles. The lowest BCUT2D eigenvalue weighted by molar-refractivity contribution is -0.201. The van der Waals surface area contributed by atoms with Crippen molar-refractivity contribution < 1.29 is 14.3 Å². The number of likely N-dealkylation sites (tertiary alicyclic amines) is 1. The van der Waals surface area contributed by atoms with E-state index in [0.29, 0.717) is 12.3 Å². The number of rotatable bonds is 3. The highest BCUT2D eigenvalue weighted by Crippen LogP contribution is 2.47. The summed E-state index contributed by atoms with van der Waals surface area (Å²) >= 11 is 0. The molecule has 4 rings (SSSR count). The maximum absolute atomic E-state index is 11.1. The summed E-state index contributed by atoms with van der Waals surface area (Å²) in [7, 11) is 0. The molecule has 1 saturated carbocycles. The van der Waals surface area contributed by atoms with Crippen LogP contribution in [0, 0.1) is 17.8 Å². The lowest BCUT2D eigenvalue weighted by atomic mass is 9.69. The van der Waals surface area contributed by atoms with Crippen LogP contribution < -0.4 is 0 Å². The highest BCUT2D eigenvalue weighted by molar-refractivity contribution is 5.12. The van der Waals surface area contributed by atoms with E-state index < -0.39 is 5.60 Å². The van der Waals surface area contributed by atoms with Gasteiger partial charge in [-0.1, -0.05) is 20.3 Å². The first kappa shape index (κ1) is 18.5. The van der Waals surface area contributed by atoms with Gasteiger partial charge in [-0.05, 0) is 69.7 Å². The highest BCUT2D eigenvalue weighted by Gasteiger charge is 2.48. The Hall–Kier alpha value is -0.840. The van der Waals surface area contributed by atoms with Crippen molar-refractivity contribution in [2.24, 2.45) is 17.8 Å². The molecule has 0 unspecified atom stereocenters. The maximum atomic E-state index is 11.1. The molecule has 4 heteroatoms. The number of aliphatic hydroxyl groups is 1. The van der Waals surface area contributed by atoms with Gasteiger partial charge in [-0.3, -0.25) is 4.90 Å². The molecule has 0 spiro atoms. The molecule has 3 fully saturated rings. The molecule has 2 aliphatic heterocycles. The molecular formula is C22H35NO3. The summed E-state index contributed by atoms with van der Waals surface area (Å²) in [5.74, 6) is 3.71. The quantitative estimate of drug-likeness (QED) is 0.859. The molecule has 0 bridgehead atoms. The smallest absolute Gasteiger partial charge is 0.133 e. The molecular weight excluding hydrogens is 326 g/mol. The second-order valence-electron chi connectivity index (χ2n) is 9.51. The van der Waals surface area contributed by atoms with Crippen LogP contribution in [0.25, 0.3) is 0 Å². The molecule has 3 heterocycles. The fourth-order valence-corrected chi connectivity index (χ4v) is 5.24. The molecule has 1 aromatic heterocycles. The van der Waals surface area contributed by atoms with Crippen molar-refractivity contribution in [3.8, 4) is 0 Å². The first-order chi connectivity index (χ1) is 12.4. The van der Waals surface area contributed by atoms with Crippen LogP contribution >= 0.6 is 0 Å². The number of hydrogen-bond donors (Lipinski definition) is 1. The Morgan fingerprint density at radius 1 is 1.12 bits per heavy atom. The van der Waals surface area contributed by atoms with Crippen LogP contribution in [0.2, 0.25) is 0 Å². The van der Waals surface area contributed by atoms with Crippen molar-refractivity contribution in [2.75, 3.05) is 13.1 Å². The fourth-order valence-electron chi connectivity index (χ4n) is 5.24. The minimum absolute atomic E-state index is 0.119. The van der Waals surface area contributed by atoms with Crippen LogP contribution in [0.3, 0.4) is 0 Å². The second-order valence-corrected chi connectivity index (χ2v) is 9.51. The summed E-state index contributed by atoms with van der Waals surface area (Å²) in [5.41, 5.74) is -0.663. The SMILES string of the molecule is CC1CCN(Cc2ccc([C@H]3C[C@@](C)(O)[C@@H]4CC[C@@H](C)C[C@H]4O3)o2)CC1. The predicted molar refractivity (Wildman–Crippen MR) is 102 cm³/mol. The molecule has 146 valence electrons. The van der Waals surface area contributed by atoms with Crippen LogP contribution in [0.15, 0.2) is 16.5 Å². The van der Waals surface area contributed by atoms with Gasteiger partial charge in [0.05, 0.1) is 18.2 Å². The standard InChI is InChI=1S/C22H35NO3/c1-15-8-10-23(11-9-15)14-17-5-7-19(25-17)21-13-22(3,24)18-6-4-16(2)12-20(18)26-21/h5,7,15-16,18,20-21,24H,4,6,8-14H2,1-3H3/t16-,18-,20-,21-,22-/m1/s1. The molecule has 1 aliphatic carbocycles. The first-order valence-electron chi connectivity index (χ1n) is 10.6. The Morgan fingerprint density at radius 3 is 2.65 bits per heavy atom. The summed E-state index contributed by atoms with van der Waals surface area (Å²) < 4.78 is 12.6. The molecule has 4 nitrogen and oxygen atoms in total. The van der Waals surface area contributed by atoms with Gasteiger partial charge in [0.25, 0.3) is 0 Å². The Bertz CT molecular complexity index is 602. The van der Waals surface area contributed by atoms with Crippen LogP contribution in [-0.2, 0) is 11.3 Å². The van der Waals surface area contributed by atoms with Gasteiger partial charge in [0.2, 0.25) is 0 Å². The van der Waals surface area contributed by atoms with Crippen LogP contribution in [0.5, 0.6) is 0 Å². The number of fused-ring (bicyclic) bond motifs is 1. The third-order valence-corrected chi connectivity index (χ3v) is 7.05. The third-order valence-electron chi connectivity index (χ3n) is 7.05. The first-order valence-corrected chi connectivity index (χ1v) is 10.6. The van der Waals surface area contributed by atoms with Gasteiger partial charge in [0.1, 0.15) is 17.6 Å². The molecule has 5 atom stereocenters. The zero-order chi connectivity index (χ0) is 18.3. The van der Waals surface area contributed by atoms with E-state index >= 15 is 0 Å². The van der Waals surface area contributed by atoms with Crippen LogP contribution in [0.4, 0.5) is 0 Å². The molecule has 3 aliphatic rings. The lowest BCUT2D eigenvalue weighted by Crippen LogP contribution is -2.51. The fraction of sp³-hybridized carbons (Fsp3) is 0.818. The van der Waals surface area contributed by atoms with E-state index in [1.54, 1.807) is 0 Å². The van der Waals surface area contributed by atoms with Gasteiger partial charge in [0, 0.05) is 12.3 Å². The van der Waals surface area contributed by atoms with E-state index in [9.17, 15) is 5.11 Å². The van der Waals surface area contributed by atoms with Crippen LogP contribution in [0.1, 0.15) is 76.9 Å². The Morgan fingerprint density at radius 2 is 1.88 bits per heavy atom. The van der Waals surface area contributed by atoms with Gasteiger partial charge in [0.15, 0.2) is 0 Å². The van der Waals surface area contributed by atoms with Gasteiger partial charge in [-0.15, -0.1) is 0 Å². The van der Waals surface area contributed by atoms with E-state index in [-0.39, 0.29) is 18.1 Å². The van der Waals surface area contributed by atoms with Gasteiger partial charge >= 0.3 is 0 Å². The van der Waals surface area contributed by atoms with Crippen molar-refractivity contribution in [1.29, 1.82) is 0 Å². The summed E-state index contributed by atoms with van der Waals surface area (Å²) in [6.07, 6.45) is 6.56. The zero-order valence-corrected chi connectivity index (χ0v) is 16.6. The topological polar surface area (TPSA) is 45.8 Å². The van der Waals surface area contributed by atoms with Gasteiger partial charge in [-0.2, -0.15) is 0 Å². The average Bonchev–Trinajstić information content (AvgIpc) is 3.04. The number of nitrogens with zero attached hydrogens (tertiary/aromatic N) is 1. The molecule has 1 aromatic rings. The van der Waals surface area contributed by atoms with Crippen molar-refractivity contribution in [3.63, 3.8) is 0 Å². The van der Waals surface area contributed by atoms with E-state index in [2.05, 4.69) is 30.9 Å². The normalized spacial score (nSPS) is 39.7. The molecule has 1 N–H and O–H groups in total. The van der Waals surface area contributed by atoms with Crippen molar-refractivity contribution in [3.05, 3.63) is 23.7 Å². The Balaban J connectivity index is 1.42. The molecule has 2 saturated heterocycles. The summed E-state index contributed by atoms with van der Waals surface area (Å²) in [5, 5.41) is 11.1.